The number of ether oxygens (including phenoxy) is 1. The number of carbonyl (C=O) groups excluding carboxylic acids is 1. The van der Waals surface area contributed by atoms with Crippen LogP contribution in [0.15, 0.2) is 0 Å². The van der Waals surface area contributed by atoms with E-state index in [9.17, 15) is 4.79 Å². The van der Waals surface area contributed by atoms with Crippen LogP contribution in [0.2, 0.25) is 0 Å². The molecule has 1 amide bonds. The first-order chi connectivity index (χ1) is 9.75. The van der Waals surface area contributed by atoms with Crippen LogP contribution < -0.4 is 5.32 Å². The third-order valence-electron chi connectivity index (χ3n) is 4.71. The number of nitrogens with zero attached hydrogens (tertiary/aromatic N) is 1. The zero-order valence-electron chi connectivity index (χ0n) is 12.9. The molecule has 0 aliphatic carbocycles. The van der Waals surface area contributed by atoms with E-state index in [1.165, 1.54) is 25.7 Å². The van der Waals surface area contributed by atoms with Crippen LogP contribution in [-0.4, -0.2) is 50.2 Å². The van der Waals surface area contributed by atoms with E-state index in [2.05, 4.69) is 5.32 Å². The van der Waals surface area contributed by atoms with Crippen molar-refractivity contribution in [3.63, 3.8) is 0 Å². The van der Waals surface area contributed by atoms with Gasteiger partial charge in [-0.1, -0.05) is 0 Å². The van der Waals surface area contributed by atoms with Crippen molar-refractivity contribution >= 4 is 5.91 Å². The van der Waals surface area contributed by atoms with Crippen molar-refractivity contribution in [2.24, 2.45) is 5.92 Å². The maximum absolute atomic E-state index is 12.1. The summed E-state index contributed by atoms with van der Waals surface area (Å²) in [5.74, 6) is 1.08. The number of hydrogen-bond donors (Lipinski definition) is 1. The molecule has 20 heavy (non-hydrogen) atoms. The van der Waals surface area contributed by atoms with Crippen molar-refractivity contribution in [1.82, 2.24) is 10.2 Å². The summed E-state index contributed by atoms with van der Waals surface area (Å²) in [4.78, 5) is 14.0. The smallest absolute Gasteiger partial charge is 0.222 e. The molecule has 4 heteroatoms. The Morgan fingerprint density at radius 1 is 1.20 bits per heavy atom. The SMILES string of the molecule is CN(CCC1CCNCC1)C(=O)CCC1CCCCO1. The number of hydrogen-bond acceptors (Lipinski definition) is 3. The summed E-state index contributed by atoms with van der Waals surface area (Å²) in [5, 5.41) is 3.39. The zero-order chi connectivity index (χ0) is 14.2. The standard InChI is InChI=1S/C16H30N2O2/c1-18(12-9-14-7-10-17-11-8-14)16(19)6-5-15-4-2-3-13-20-15/h14-15,17H,2-13H2,1H3. The first-order valence-electron chi connectivity index (χ1n) is 8.32. The van der Waals surface area contributed by atoms with Crippen LogP contribution in [0.4, 0.5) is 0 Å². The minimum absolute atomic E-state index is 0.285. The molecular formula is C16H30N2O2. The Kier molecular flexibility index (Phi) is 6.80. The van der Waals surface area contributed by atoms with Crippen LogP contribution in [0, 0.1) is 5.92 Å². The van der Waals surface area contributed by atoms with E-state index in [0.717, 1.165) is 51.4 Å². The van der Waals surface area contributed by atoms with Gasteiger partial charge < -0.3 is 15.0 Å². The molecule has 0 radical (unpaired) electrons. The highest BCUT2D eigenvalue weighted by molar-refractivity contribution is 5.75. The van der Waals surface area contributed by atoms with Gasteiger partial charge in [-0.05, 0) is 64.0 Å². The Morgan fingerprint density at radius 2 is 2.00 bits per heavy atom. The summed E-state index contributed by atoms with van der Waals surface area (Å²) in [6.45, 7) is 4.07. The number of carbonyl (C=O) groups is 1. The van der Waals surface area contributed by atoms with Crippen LogP contribution in [0.3, 0.4) is 0 Å². The summed E-state index contributed by atoms with van der Waals surface area (Å²) >= 11 is 0. The van der Waals surface area contributed by atoms with E-state index in [-0.39, 0.29) is 5.91 Å². The lowest BCUT2D eigenvalue weighted by atomic mass is 9.94. The Balaban J connectivity index is 1.58. The molecule has 0 bridgehead atoms. The molecule has 0 aromatic heterocycles. The highest BCUT2D eigenvalue weighted by Gasteiger charge is 2.18. The number of amides is 1. The monoisotopic (exact) mass is 282 g/mol. The lowest BCUT2D eigenvalue weighted by Gasteiger charge is -2.26. The van der Waals surface area contributed by atoms with Gasteiger partial charge in [0, 0.05) is 26.6 Å². The molecule has 116 valence electrons. The minimum atomic E-state index is 0.285. The molecule has 2 aliphatic heterocycles. The minimum Gasteiger partial charge on any atom is -0.378 e. The summed E-state index contributed by atoms with van der Waals surface area (Å²) in [6, 6.07) is 0. The lowest BCUT2D eigenvalue weighted by molar-refractivity contribution is -0.131. The van der Waals surface area contributed by atoms with Crippen molar-refractivity contribution in [3.05, 3.63) is 0 Å². The van der Waals surface area contributed by atoms with E-state index < -0.39 is 0 Å². The van der Waals surface area contributed by atoms with Gasteiger partial charge in [-0.2, -0.15) is 0 Å². The summed E-state index contributed by atoms with van der Waals surface area (Å²) in [7, 11) is 1.95. The molecule has 2 heterocycles. The predicted molar refractivity (Wildman–Crippen MR) is 80.7 cm³/mol. The average molecular weight is 282 g/mol. The molecule has 2 fully saturated rings. The highest BCUT2D eigenvalue weighted by Crippen LogP contribution is 2.18. The van der Waals surface area contributed by atoms with Crippen LogP contribution in [0.25, 0.3) is 0 Å². The molecule has 0 aromatic rings. The largest absolute Gasteiger partial charge is 0.378 e. The first kappa shape index (κ1) is 15.8. The number of rotatable bonds is 6. The lowest BCUT2D eigenvalue weighted by Crippen LogP contribution is -2.33. The van der Waals surface area contributed by atoms with Crippen molar-refractivity contribution in [3.8, 4) is 0 Å². The average Bonchev–Trinajstić information content (AvgIpc) is 2.52. The Labute approximate surface area is 123 Å². The van der Waals surface area contributed by atoms with Crippen molar-refractivity contribution in [1.29, 1.82) is 0 Å². The maximum atomic E-state index is 12.1. The number of piperidine rings is 1. The molecule has 2 aliphatic rings. The maximum Gasteiger partial charge on any atom is 0.222 e. The molecule has 2 saturated heterocycles. The van der Waals surface area contributed by atoms with Crippen LogP contribution >= 0.6 is 0 Å². The molecule has 1 atom stereocenters. The van der Waals surface area contributed by atoms with Crippen molar-refractivity contribution in [2.45, 2.75) is 57.5 Å². The van der Waals surface area contributed by atoms with Crippen molar-refractivity contribution < 1.29 is 9.53 Å². The molecule has 1 N–H and O–H groups in total. The second-order valence-electron chi connectivity index (χ2n) is 6.32. The van der Waals surface area contributed by atoms with Gasteiger partial charge in [-0.25, -0.2) is 0 Å². The van der Waals surface area contributed by atoms with E-state index in [0.29, 0.717) is 12.5 Å². The fourth-order valence-corrected chi connectivity index (χ4v) is 3.18. The topological polar surface area (TPSA) is 41.6 Å². The van der Waals surface area contributed by atoms with Crippen LogP contribution in [0.5, 0.6) is 0 Å². The predicted octanol–water partition coefficient (Wildman–Crippen LogP) is 2.18. The third-order valence-corrected chi connectivity index (χ3v) is 4.71. The Bertz CT molecular complexity index is 284. The Morgan fingerprint density at radius 3 is 2.70 bits per heavy atom. The van der Waals surface area contributed by atoms with E-state index >= 15 is 0 Å². The zero-order valence-corrected chi connectivity index (χ0v) is 12.9. The van der Waals surface area contributed by atoms with E-state index in [4.69, 9.17) is 4.74 Å². The van der Waals surface area contributed by atoms with Gasteiger partial charge in [0.05, 0.1) is 6.10 Å². The first-order valence-corrected chi connectivity index (χ1v) is 8.32. The van der Waals surface area contributed by atoms with E-state index in [1.807, 2.05) is 11.9 Å². The molecule has 2 rings (SSSR count). The fraction of sp³-hybridized carbons (Fsp3) is 0.938. The normalized spacial score (nSPS) is 24.6. The van der Waals surface area contributed by atoms with Crippen LogP contribution in [0.1, 0.15) is 51.4 Å². The quantitative estimate of drug-likeness (QED) is 0.812. The second-order valence-corrected chi connectivity index (χ2v) is 6.32. The molecule has 4 nitrogen and oxygen atoms in total. The van der Waals surface area contributed by atoms with E-state index in [1.54, 1.807) is 0 Å². The fourth-order valence-electron chi connectivity index (χ4n) is 3.18. The molecule has 1 unspecified atom stereocenters. The van der Waals surface area contributed by atoms with Crippen molar-refractivity contribution in [2.75, 3.05) is 33.3 Å². The number of nitrogens with one attached hydrogen (secondary N) is 1. The van der Waals surface area contributed by atoms with Gasteiger partial charge in [-0.3, -0.25) is 4.79 Å². The van der Waals surface area contributed by atoms with Gasteiger partial charge in [0.2, 0.25) is 5.91 Å². The molecule has 0 spiro atoms. The summed E-state index contributed by atoms with van der Waals surface area (Å²) in [5.41, 5.74) is 0. The van der Waals surface area contributed by atoms with Crippen LogP contribution in [-0.2, 0) is 9.53 Å². The molecular weight excluding hydrogens is 252 g/mol. The Hall–Kier alpha value is -0.610. The molecule has 0 aromatic carbocycles. The van der Waals surface area contributed by atoms with Gasteiger partial charge in [0.1, 0.15) is 0 Å². The second kappa shape index (κ2) is 8.63. The molecule has 0 saturated carbocycles. The van der Waals surface area contributed by atoms with Gasteiger partial charge in [0.15, 0.2) is 0 Å². The van der Waals surface area contributed by atoms with Gasteiger partial charge in [-0.15, -0.1) is 0 Å². The third kappa shape index (κ3) is 5.41. The highest BCUT2D eigenvalue weighted by atomic mass is 16.5. The van der Waals surface area contributed by atoms with Gasteiger partial charge >= 0.3 is 0 Å². The van der Waals surface area contributed by atoms with Gasteiger partial charge in [0.25, 0.3) is 0 Å². The summed E-state index contributed by atoms with van der Waals surface area (Å²) < 4.78 is 5.69. The summed E-state index contributed by atoms with van der Waals surface area (Å²) in [6.07, 6.45) is 9.12.